The van der Waals surface area contributed by atoms with Gasteiger partial charge in [0.15, 0.2) is 0 Å². The molecule has 0 amide bonds. The van der Waals surface area contributed by atoms with Crippen molar-refractivity contribution < 1.29 is 4.74 Å². The van der Waals surface area contributed by atoms with Crippen LogP contribution in [0.2, 0.25) is 5.02 Å². The number of nitrogens with zero attached hydrogens (tertiary/aromatic N) is 4. The molecule has 0 atom stereocenters. The van der Waals surface area contributed by atoms with Crippen molar-refractivity contribution >= 4 is 34.4 Å². The number of pyridine rings is 2. The van der Waals surface area contributed by atoms with Crippen LogP contribution in [-0.4, -0.2) is 9.97 Å². The molecule has 0 N–H and O–H groups in total. The molecule has 2 heterocycles. The summed E-state index contributed by atoms with van der Waals surface area (Å²) in [7, 11) is 0. The summed E-state index contributed by atoms with van der Waals surface area (Å²) in [5.41, 5.74) is 8.17. The van der Waals surface area contributed by atoms with E-state index >= 15 is 0 Å². The summed E-state index contributed by atoms with van der Waals surface area (Å²) in [4.78, 5) is 13.3. The molecule has 48 heavy (non-hydrogen) atoms. The van der Waals surface area contributed by atoms with E-state index in [-0.39, 0.29) is 0 Å². The molecule has 0 bridgehead atoms. The van der Waals surface area contributed by atoms with E-state index in [0.29, 0.717) is 29.7 Å². The highest BCUT2D eigenvalue weighted by Gasteiger charge is 2.21. The number of benzene rings is 5. The molecule has 2 aromatic heterocycles. The Morgan fingerprint density at radius 1 is 0.479 bits per heavy atom. The van der Waals surface area contributed by atoms with E-state index in [2.05, 4.69) is 123 Å². The molecule has 0 aliphatic rings. The molecule has 6 heteroatoms. The Morgan fingerprint density at radius 3 is 1.52 bits per heavy atom. The summed E-state index contributed by atoms with van der Waals surface area (Å²) in [6.07, 6.45) is 3.54. The van der Waals surface area contributed by atoms with Crippen molar-refractivity contribution in [3.8, 4) is 22.9 Å². The van der Waals surface area contributed by atoms with Gasteiger partial charge in [0.05, 0.1) is 22.1 Å². The SMILES string of the molecule is Clc1c(N(Cc2ccccc2)c2ccc(Oc3ccccn3)cc2)cccc1N(Cc1ccccc1)c1ccc(-c2ccccn2)cc1. The molecule has 0 spiro atoms. The van der Waals surface area contributed by atoms with Crippen LogP contribution < -0.4 is 14.5 Å². The largest absolute Gasteiger partial charge is 0.439 e. The van der Waals surface area contributed by atoms with Crippen LogP contribution >= 0.6 is 11.6 Å². The van der Waals surface area contributed by atoms with Gasteiger partial charge in [0.25, 0.3) is 0 Å². The van der Waals surface area contributed by atoms with E-state index in [9.17, 15) is 0 Å². The average Bonchev–Trinajstić information content (AvgIpc) is 3.15. The molecule has 0 aliphatic carbocycles. The maximum absolute atomic E-state index is 7.47. The lowest BCUT2D eigenvalue weighted by molar-refractivity contribution is 0.463. The lowest BCUT2D eigenvalue weighted by atomic mass is 10.1. The van der Waals surface area contributed by atoms with Crippen molar-refractivity contribution in [2.75, 3.05) is 9.80 Å². The van der Waals surface area contributed by atoms with E-state index in [1.165, 1.54) is 11.1 Å². The second-order valence-electron chi connectivity index (χ2n) is 11.3. The fourth-order valence-electron chi connectivity index (χ4n) is 5.66. The van der Waals surface area contributed by atoms with Gasteiger partial charge in [-0.05, 0) is 77.9 Å². The highest BCUT2D eigenvalue weighted by Crippen LogP contribution is 2.42. The molecule has 5 nitrogen and oxygen atoms in total. The van der Waals surface area contributed by atoms with Gasteiger partial charge < -0.3 is 14.5 Å². The van der Waals surface area contributed by atoms with Crippen molar-refractivity contribution in [2.24, 2.45) is 0 Å². The monoisotopic (exact) mass is 644 g/mol. The minimum atomic E-state index is 0.550. The van der Waals surface area contributed by atoms with Gasteiger partial charge in [0.2, 0.25) is 5.88 Å². The van der Waals surface area contributed by atoms with Crippen LogP contribution in [0.1, 0.15) is 11.1 Å². The summed E-state index contributed by atoms with van der Waals surface area (Å²) in [6, 6.07) is 55.2. The normalized spacial score (nSPS) is 10.8. The lowest BCUT2D eigenvalue weighted by Crippen LogP contribution is -2.20. The van der Waals surface area contributed by atoms with E-state index in [1.807, 2.05) is 66.9 Å². The molecule has 7 aromatic rings. The predicted octanol–water partition coefficient (Wildman–Crippen LogP) is 11.3. The molecule has 0 saturated heterocycles. The molecule has 5 aromatic carbocycles. The topological polar surface area (TPSA) is 41.5 Å². The summed E-state index contributed by atoms with van der Waals surface area (Å²) >= 11 is 7.47. The third-order valence-corrected chi connectivity index (χ3v) is 8.44. The van der Waals surface area contributed by atoms with Crippen molar-refractivity contribution in [1.29, 1.82) is 0 Å². The van der Waals surface area contributed by atoms with Crippen molar-refractivity contribution in [3.63, 3.8) is 0 Å². The fraction of sp³-hybridized carbons (Fsp3) is 0.0476. The Morgan fingerprint density at radius 2 is 1.00 bits per heavy atom. The van der Waals surface area contributed by atoms with Crippen LogP contribution in [0.4, 0.5) is 22.7 Å². The van der Waals surface area contributed by atoms with Gasteiger partial charge in [-0.1, -0.05) is 103 Å². The zero-order valence-electron chi connectivity index (χ0n) is 26.2. The highest BCUT2D eigenvalue weighted by molar-refractivity contribution is 6.36. The first kappa shape index (κ1) is 30.7. The maximum Gasteiger partial charge on any atom is 0.219 e. The first-order chi connectivity index (χ1) is 23.7. The van der Waals surface area contributed by atoms with Gasteiger partial charge in [-0.3, -0.25) is 4.98 Å². The Kier molecular flexibility index (Phi) is 9.39. The summed E-state index contributed by atoms with van der Waals surface area (Å²) in [6.45, 7) is 1.27. The van der Waals surface area contributed by atoms with Crippen molar-refractivity contribution in [2.45, 2.75) is 13.1 Å². The van der Waals surface area contributed by atoms with E-state index in [1.54, 1.807) is 6.20 Å². The second kappa shape index (κ2) is 14.7. The number of aromatic nitrogens is 2. The minimum Gasteiger partial charge on any atom is -0.439 e. The van der Waals surface area contributed by atoms with Crippen LogP contribution in [0.3, 0.4) is 0 Å². The number of halogens is 1. The van der Waals surface area contributed by atoms with Crippen LogP contribution in [0.25, 0.3) is 11.3 Å². The van der Waals surface area contributed by atoms with Crippen LogP contribution in [-0.2, 0) is 13.1 Å². The first-order valence-corrected chi connectivity index (χ1v) is 16.2. The third kappa shape index (κ3) is 7.22. The number of rotatable bonds is 11. The number of anilines is 4. The van der Waals surface area contributed by atoms with Crippen molar-refractivity contribution in [1.82, 2.24) is 9.97 Å². The smallest absolute Gasteiger partial charge is 0.219 e. The Labute approximate surface area is 286 Å². The first-order valence-electron chi connectivity index (χ1n) is 15.8. The third-order valence-electron chi connectivity index (χ3n) is 8.05. The Balaban J connectivity index is 1.27. The molecule has 0 aliphatic heterocycles. The van der Waals surface area contributed by atoms with Gasteiger partial charge in [-0.25, -0.2) is 4.98 Å². The van der Waals surface area contributed by atoms with Gasteiger partial charge in [-0.2, -0.15) is 0 Å². The number of ether oxygens (including phenoxy) is 1. The molecule has 7 rings (SSSR count). The van der Waals surface area contributed by atoms with E-state index in [4.69, 9.17) is 16.3 Å². The molecular weight excluding hydrogens is 612 g/mol. The van der Waals surface area contributed by atoms with Crippen molar-refractivity contribution in [3.05, 3.63) is 192 Å². The number of hydrogen-bond donors (Lipinski definition) is 0. The van der Waals surface area contributed by atoms with Gasteiger partial charge in [0, 0.05) is 48.5 Å². The zero-order chi connectivity index (χ0) is 32.5. The van der Waals surface area contributed by atoms with Gasteiger partial charge in [0.1, 0.15) is 5.75 Å². The molecule has 234 valence electrons. The molecular formula is C42H33ClN4O. The molecule has 0 unspecified atom stereocenters. The molecule has 0 radical (unpaired) electrons. The van der Waals surface area contributed by atoms with E-state index in [0.717, 1.165) is 34.0 Å². The van der Waals surface area contributed by atoms with Gasteiger partial charge in [-0.15, -0.1) is 0 Å². The standard InChI is InChI=1S/C42H33ClN4O/c43-42-39(46(30-32-12-3-1-4-13-32)35-22-20-34(21-23-35)38-16-7-9-28-44-38)17-11-18-40(42)47(31-33-14-5-2-6-15-33)36-24-26-37(27-25-36)48-41-19-8-10-29-45-41/h1-29H,30-31H2. The summed E-state index contributed by atoms with van der Waals surface area (Å²) < 4.78 is 5.99. The van der Waals surface area contributed by atoms with Crippen LogP contribution in [0.15, 0.2) is 176 Å². The molecule has 0 fully saturated rings. The predicted molar refractivity (Wildman–Crippen MR) is 196 cm³/mol. The highest BCUT2D eigenvalue weighted by atomic mass is 35.5. The summed E-state index contributed by atoms with van der Waals surface area (Å²) in [5.74, 6) is 1.26. The van der Waals surface area contributed by atoms with Gasteiger partial charge >= 0.3 is 0 Å². The quantitative estimate of drug-likeness (QED) is 0.140. The summed E-state index contributed by atoms with van der Waals surface area (Å²) in [5, 5.41) is 0.659. The maximum atomic E-state index is 7.47. The van der Waals surface area contributed by atoms with Crippen LogP contribution in [0.5, 0.6) is 11.6 Å². The lowest BCUT2D eigenvalue weighted by Gasteiger charge is -2.31. The Hall–Kier alpha value is -5.91. The fourth-order valence-corrected chi connectivity index (χ4v) is 5.99. The molecule has 0 saturated carbocycles. The Bertz CT molecular complexity index is 2040. The zero-order valence-corrected chi connectivity index (χ0v) is 27.0. The second-order valence-corrected chi connectivity index (χ2v) is 11.7. The number of hydrogen-bond acceptors (Lipinski definition) is 5. The van der Waals surface area contributed by atoms with E-state index < -0.39 is 0 Å². The minimum absolute atomic E-state index is 0.550. The average molecular weight is 645 g/mol. The van der Waals surface area contributed by atoms with Crippen LogP contribution in [0, 0.1) is 0 Å².